The first-order chi connectivity index (χ1) is 6.97. The number of aliphatic hydroxyl groups is 1. The van der Waals surface area contributed by atoms with Crippen LogP contribution in [0.3, 0.4) is 0 Å². The lowest BCUT2D eigenvalue weighted by molar-refractivity contribution is -0.179. The number of hydrogen-bond acceptors (Lipinski definition) is 3. The number of alkyl halides is 3. The summed E-state index contributed by atoms with van der Waals surface area (Å²) in [6.07, 6.45) is -2.13. The van der Waals surface area contributed by atoms with E-state index in [0.29, 0.717) is 5.82 Å². The molecule has 1 heterocycles. The Morgan fingerprint density at radius 2 is 2.27 bits per heavy atom. The summed E-state index contributed by atoms with van der Waals surface area (Å²) < 4.78 is 39.3. The zero-order valence-electron chi connectivity index (χ0n) is 7.79. The SMILES string of the molecule is OC(COCC(F)(F)F)Cc1ncc[nH]1. The van der Waals surface area contributed by atoms with Crippen molar-refractivity contribution in [1.29, 1.82) is 0 Å². The van der Waals surface area contributed by atoms with Crippen LogP contribution in [0.1, 0.15) is 5.82 Å². The first-order valence-electron chi connectivity index (χ1n) is 4.28. The third-order valence-corrected chi connectivity index (χ3v) is 1.56. The average molecular weight is 224 g/mol. The number of halogens is 3. The maximum atomic E-state index is 11.7. The van der Waals surface area contributed by atoms with E-state index in [1.54, 1.807) is 6.20 Å². The smallest absolute Gasteiger partial charge is 0.390 e. The van der Waals surface area contributed by atoms with Gasteiger partial charge in [-0.1, -0.05) is 0 Å². The Balaban J connectivity index is 2.17. The van der Waals surface area contributed by atoms with Gasteiger partial charge in [-0.2, -0.15) is 13.2 Å². The molecule has 4 nitrogen and oxygen atoms in total. The van der Waals surface area contributed by atoms with Gasteiger partial charge in [-0.15, -0.1) is 0 Å². The Morgan fingerprint density at radius 1 is 1.53 bits per heavy atom. The van der Waals surface area contributed by atoms with Crippen molar-refractivity contribution < 1.29 is 23.0 Å². The standard InChI is InChI=1S/C8H11F3N2O2/c9-8(10,11)5-15-4-6(14)3-7-12-1-2-13-7/h1-2,6,14H,3-5H2,(H,12,13). The number of H-pyrrole nitrogens is 1. The van der Waals surface area contributed by atoms with Gasteiger partial charge in [-0.3, -0.25) is 0 Å². The molecular weight excluding hydrogens is 213 g/mol. The van der Waals surface area contributed by atoms with E-state index >= 15 is 0 Å². The second kappa shape index (κ2) is 5.13. The van der Waals surface area contributed by atoms with E-state index in [1.807, 2.05) is 0 Å². The molecule has 0 fully saturated rings. The first kappa shape index (κ1) is 12.0. The van der Waals surface area contributed by atoms with Crippen molar-refractivity contribution in [1.82, 2.24) is 9.97 Å². The molecule has 1 aromatic rings. The number of nitrogens with one attached hydrogen (secondary N) is 1. The zero-order valence-corrected chi connectivity index (χ0v) is 7.79. The molecule has 0 amide bonds. The van der Waals surface area contributed by atoms with E-state index in [9.17, 15) is 18.3 Å². The number of hydrogen-bond donors (Lipinski definition) is 2. The molecule has 0 saturated carbocycles. The predicted molar refractivity (Wildman–Crippen MR) is 45.2 cm³/mol. The fraction of sp³-hybridized carbons (Fsp3) is 0.625. The lowest BCUT2D eigenvalue weighted by atomic mass is 10.2. The van der Waals surface area contributed by atoms with Gasteiger partial charge >= 0.3 is 6.18 Å². The number of ether oxygens (including phenoxy) is 1. The first-order valence-corrected chi connectivity index (χ1v) is 4.28. The molecule has 0 spiro atoms. The lowest BCUT2D eigenvalue weighted by Crippen LogP contribution is -2.24. The normalized spacial score (nSPS) is 14.1. The Hall–Kier alpha value is -1.08. The number of nitrogens with zero attached hydrogens (tertiary/aromatic N) is 1. The molecule has 1 aromatic heterocycles. The van der Waals surface area contributed by atoms with Crippen LogP contribution in [0.15, 0.2) is 12.4 Å². The highest BCUT2D eigenvalue weighted by Crippen LogP contribution is 2.14. The molecule has 0 aliphatic heterocycles. The van der Waals surface area contributed by atoms with Gasteiger partial charge in [0.2, 0.25) is 0 Å². The van der Waals surface area contributed by atoms with E-state index in [-0.39, 0.29) is 13.0 Å². The van der Waals surface area contributed by atoms with Crippen molar-refractivity contribution in [3.63, 3.8) is 0 Å². The Kier molecular flexibility index (Phi) is 4.10. The lowest BCUT2D eigenvalue weighted by Gasteiger charge is -2.11. The summed E-state index contributed by atoms with van der Waals surface area (Å²) in [5.41, 5.74) is 0. The highest BCUT2D eigenvalue weighted by atomic mass is 19.4. The largest absolute Gasteiger partial charge is 0.411 e. The van der Waals surface area contributed by atoms with Gasteiger partial charge in [-0.25, -0.2) is 4.98 Å². The van der Waals surface area contributed by atoms with Crippen LogP contribution in [-0.2, 0) is 11.2 Å². The van der Waals surface area contributed by atoms with Crippen LogP contribution in [-0.4, -0.2) is 40.6 Å². The van der Waals surface area contributed by atoms with Crippen molar-refractivity contribution >= 4 is 0 Å². The van der Waals surface area contributed by atoms with Crippen LogP contribution in [0.5, 0.6) is 0 Å². The summed E-state index contributed by atoms with van der Waals surface area (Å²) in [6, 6.07) is 0. The Morgan fingerprint density at radius 3 is 2.80 bits per heavy atom. The minimum Gasteiger partial charge on any atom is -0.390 e. The number of rotatable bonds is 5. The molecule has 15 heavy (non-hydrogen) atoms. The van der Waals surface area contributed by atoms with Crippen LogP contribution < -0.4 is 0 Å². The molecule has 0 aromatic carbocycles. The molecule has 2 N–H and O–H groups in total. The van der Waals surface area contributed by atoms with E-state index in [0.717, 1.165) is 0 Å². The van der Waals surface area contributed by atoms with Gasteiger partial charge in [0, 0.05) is 18.8 Å². The number of imidazole rings is 1. The summed E-state index contributed by atoms with van der Waals surface area (Å²) >= 11 is 0. The van der Waals surface area contributed by atoms with Gasteiger partial charge in [0.25, 0.3) is 0 Å². The number of aliphatic hydroxyl groups excluding tert-OH is 1. The fourth-order valence-electron chi connectivity index (χ4n) is 1.00. The van der Waals surface area contributed by atoms with Gasteiger partial charge < -0.3 is 14.8 Å². The van der Waals surface area contributed by atoms with Crippen molar-refractivity contribution in [3.8, 4) is 0 Å². The van der Waals surface area contributed by atoms with Crippen molar-refractivity contribution in [2.45, 2.75) is 18.7 Å². The second-order valence-corrected chi connectivity index (χ2v) is 3.02. The van der Waals surface area contributed by atoms with Crippen LogP contribution in [0, 0.1) is 0 Å². The predicted octanol–water partition coefficient (Wildman–Crippen LogP) is 0.892. The maximum Gasteiger partial charge on any atom is 0.411 e. The average Bonchev–Trinajstić information content (AvgIpc) is 2.54. The van der Waals surface area contributed by atoms with Gasteiger partial charge in [0.15, 0.2) is 0 Å². The summed E-state index contributed by atoms with van der Waals surface area (Å²) in [5.74, 6) is 0.512. The molecule has 1 rings (SSSR count). The van der Waals surface area contributed by atoms with Gasteiger partial charge in [-0.05, 0) is 0 Å². The van der Waals surface area contributed by atoms with Crippen LogP contribution in [0.4, 0.5) is 13.2 Å². The highest BCUT2D eigenvalue weighted by molar-refractivity contribution is 4.88. The number of aromatic nitrogens is 2. The maximum absolute atomic E-state index is 11.7. The van der Waals surface area contributed by atoms with Crippen molar-refractivity contribution in [2.75, 3.05) is 13.2 Å². The zero-order chi connectivity index (χ0) is 11.3. The van der Waals surface area contributed by atoms with Crippen molar-refractivity contribution in [2.24, 2.45) is 0 Å². The molecule has 0 saturated heterocycles. The number of aromatic amines is 1. The third-order valence-electron chi connectivity index (χ3n) is 1.56. The molecule has 0 bridgehead atoms. The van der Waals surface area contributed by atoms with E-state index < -0.39 is 18.9 Å². The topological polar surface area (TPSA) is 58.1 Å². The molecule has 0 aliphatic carbocycles. The molecule has 0 aliphatic rings. The Labute approximate surface area is 84.1 Å². The molecule has 0 radical (unpaired) electrons. The van der Waals surface area contributed by atoms with Gasteiger partial charge in [0.05, 0.1) is 12.7 Å². The van der Waals surface area contributed by atoms with E-state index in [1.165, 1.54) is 6.20 Å². The highest BCUT2D eigenvalue weighted by Gasteiger charge is 2.27. The monoisotopic (exact) mass is 224 g/mol. The van der Waals surface area contributed by atoms with E-state index in [2.05, 4.69) is 14.7 Å². The quantitative estimate of drug-likeness (QED) is 0.781. The summed E-state index contributed by atoms with van der Waals surface area (Å²) in [4.78, 5) is 6.55. The summed E-state index contributed by atoms with van der Waals surface area (Å²) in [7, 11) is 0. The van der Waals surface area contributed by atoms with Crippen LogP contribution in [0.25, 0.3) is 0 Å². The summed E-state index contributed by atoms with van der Waals surface area (Å²) in [6.45, 7) is -1.71. The second-order valence-electron chi connectivity index (χ2n) is 3.02. The van der Waals surface area contributed by atoms with Gasteiger partial charge in [0.1, 0.15) is 12.4 Å². The third kappa shape index (κ3) is 5.38. The molecule has 7 heteroatoms. The summed E-state index contributed by atoms with van der Waals surface area (Å²) in [5, 5.41) is 9.27. The minimum absolute atomic E-state index is 0.144. The fourth-order valence-corrected chi connectivity index (χ4v) is 1.00. The van der Waals surface area contributed by atoms with Crippen LogP contribution >= 0.6 is 0 Å². The molecule has 1 atom stereocenters. The molecule has 86 valence electrons. The Bertz CT molecular complexity index is 274. The van der Waals surface area contributed by atoms with Crippen LogP contribution in [0.2, 0.25) is 0 Å². The molecule has 1 unspecified atom stereocenters. The molecular formula is C8H11F3N2O2. The van der Waals surface area contributed by atoms with E-state index in [4.69, 9.17) is 0 Å². The minimum atomic E-state index is -4.36. The van der Waals surface area contributed by atoms with Crippen molar-refractivity contribution in [3.05, 3.63) is 18.2 Å².